The zero-order chi connectivity index (χ0) is 31.1. The summed E-state index contributed by atoms with van der Waals surface area (Å²) in [4.78, 5) is 59.8. The van der Waals surface area contributed by atoms with Crippen LogP contribution in [0.3, 0.4) is 0 Å². The number of carbonyl (C=O) groups excluding carboxylic acids is 3. The molecule has 0 saturated heterocycles. The molecule has 0 heterocycles. The van der Waals surface area contributed by atoms with Crippen LogP contribution in [-0.2, 0) is 33.2 Å². The number of nitrogens with zero attached hydrogens (tertiary/aromatic N) is 3. The van der Waals surface area contributed by atoms with Crippen molar-refractivity contribution in [3.63, 3.8) is 0 Å². The Morgan fingerprint density at radius 1 is 0.579 bits per heavy atom. The van der Waals surface area contributed by atoms with Gasteiger partial charge in [0.25, 0.3) is 0 Å². The first-order chi connectivity index (χ1) is 17.1. The SMILES string of the molecule is C=C(C)C(=O)OCCN(C)C.C=C(C)C(=O)OCCN(C)C.C=C(C)C(=O)OCCN(C)C.O=P(O)(O)O. The number of hydrogen-bond donors (Lipinski definition) is 3. The molecule has 0 amide bonds. The Labute approximate surface area is 227 Å². The molecule has 0 aromatic rings. The van der Waals surface area contributed by atoms with Crippen LogP contribution in [0.15, 0.2) is 36.5 Å². The third-order valence-electron chi connectivity index (χ3n) is 3.36. The van der Waals surface area contributed by atoms with E-state index in [0.717, 1.165) is 19.6 Å². The van der Waals surface area contributed by atoms with Gasteiger partial charge in [-0.3, -0.25) is 0 Å². The predicted octanol–water partition coefficient (Wildman–Crippen LogP) is 1.07. The lowest BCUT2D eigenvalue weighted by Crippen LogP contribution is -2.20. The van der Waals surface area contributed by atoms with Crippen molar-refractivity contribution in [2.75, 3.05) is 81.7 Å². The summed E-state index contributed by atoms with van der Waals surface area (Å²) >= 11 is 0. The average molecular weight is 570 g/mol. The highest BCUT2D eigenvalue weighted by atomic mass is 31.2. The molecule has 0 spiro atoms. The molecule has 0 saturated carbocycles. The van der Waals surface area contributed by atoms with E-state index < -0.39 is 7.82 Å². The molecule has 13 nitrogen and oxygen atoms in total. The molecular formula is C24H48N3O10P. The minimum Gasteiger partial charge on any atom is -0.461 e. The van der Waals surface area contributed by atoms with Crippen molar-refractivity contribution in [1.29, 1.82) is 0 Å². The number of esters is 3. The first-order valence-corrected chi connectivity index (χ1v) is 12.9. The Morgan fingerprint density at radius 3 is 0.842 bits per heavy atom. The number of phosphoric acid groups is 1. The minimum absolute atomic E-state index is 0.313. The molecule has 0 unspecified atom stereocenters. The molecule has 0 rings (SSSR count). The van der Waals surface area contributed by atoms with Crippen molar-refractivity contribution in [1.82, 2.24) is 14.7 Å². The Hall–Kier alpha value is -2.38. The van der Waals surface area contributed by atoms with Crippen molar-refractivity contribution >= 4 is 25.7 Å². The summed E-state index contributed by atoms with van der Waals surface area (Å²) in [5.41, 5.74) is 1.34. The van der Waals surface area contributed by atoms with Crippen LogP contribution in [0.5, 0.6) is 0 Å². The summed E-state index contributed by atoms with van der Waals surface area (Å²) in [5, 5.41) is 0. The lowest BCUT2D eigenvalue weighted by atomic mass is 10.4. The van der Waals surface area contributed by atoms with Gasteiger partial charge in [-0.25, -0.2) is 18.9 Å². The van der Waals surface area contributed by atoms with Crippen molar-refractivity contribution in [3.8, 4) is 0 Å². The zero-order valence-corrected chi connectivity index (χ0v) is 25.2. The van der Waals surface area contributed by atoms with Crippen molar-refractivity contribution in [2.24, 2.45) is 0 Å². The molecule has 14 heteroatoms. The number of likely N-dealkylation sites (N-methyl/N-ethyl adjacent to an activating group) is 3. The molecule has 0 atom stereocenters. The van der Waals surface area contributed by atoms with Gasteiger partial charge in [0, 0.05) is 36.4 Å². The maximum Gasteiger partial charge on any atom is 0.466 e. The number of hydrogen-bond acceptors (Lipinski definition) is 10. The van der Waals surface area contributed by atoms with Crippen LogP contribution in [0.4, 0.5) is 0 Å². The number of carbonyl (C=O) groups is 3. The smallest absolute Gasteiger partial charge is 0.461 e. The molecule has 0 bridgehead atoms. The van der Waals surface area contributed by atoms with Crippen LogP contribution in [-0.4, -0.2) is 129 Å². The third-order valence-corrected chi connectivity index (χ3v) is 3.36. The highest BCUT2D eigenvalue weighted by Crippen LogP contribution is 2.25. The topological polar surface area (TPSA) is 166 Å². The maximum atomic E-state index is 10.8. The third kappa shape index (κ3) is 46.9. The molecule has 3 N–H and O–H groups in total. The molecule has 0 fully saturated rings. The van der Waals surface area contributed by atoms with Gasteiger partial charge in [-0.1, -0.05) is 19.7 Å². The van der Waals surface area contributed by atoms with Gasteiger partial charge in [0.15, 0.2) is 0 Å². The van der Waals surface area contributed by atoms with Gasteiger partial charge in [-0.2, -0.15) is 0 Å². The second-order valence-corrected chi connectivity index (χ2v) is 9.70. The van der Waals surface area contributed by atoms with E-state index in [0.29, 0.717) is 36.5 Å². The lowest BCUT2D eigenvalue weighted by molar-refractivity contribution is -0.140. The summed E-state index contributed by atoms with van der Waals surface area (Å²) in [5.74, 6) is -0.939. The number of rotatable bonds is 12. The zero-order valence-electron chi connectivity index (χ0n) is 24.4. The molecule has 0 aromatic heterocycles. The minimum atomic E-state index is -4.64. The molecule has 224 valence electrons. The monoisotopic (exact) mass is 569 g/mol. The van der Waals surface area contributed by atoms with E-state index in [9.17, 15) is 14.4 Å². The largest absolute Gasteiger partial charge is 0.466 e. The summed E-state index contributed by atoms with van der Waals surface area (Å²) in [7, 11) is 6.91. The quantitative estimate of drug-likeness (QED) is 0.132. The molecular weight excluding hydrogens is 521 g/mol. The van der Waals surface area contributed by atoms with Crippen LogP contribution >= 0.6 is 7.82 Å². The van der Waals surface area contributed by atoms with Gasteiger partial charge < -0.3 is 43.6 Å². The normalized spacial score (nSPS) is 10.1. The van der Waals surface area contributed by atoms with E-state index in [4.69, 9.17) is 33.5 Å². The Morgan fingerprint density at radius 2 is 0.737 bits per heavy atom. The average Bonchev–Trinajstić information content (AvgIpc) is 2.72. The van der Waals surface area contributed by atoms with Gasteiger partial charge in [-0.15, -0.1) is 0 Å². The standard InChI is InChI=1S/3C8H15NO2.H3O4P/c3*1-7(2)8(10)11-6-5-9(3)4;1-5(2,3)4/h3*1,5-6H2,2-4H3;(H3,1,2,3,4). The van der Waals surface area contributed by atoms with Gasteiger partial charge in [0.05, 0.1) is 0 Å². The van der Waals surface area contributed by atoms with E-state index >= 15 is 0 Å². The van der Waals surface area contributed by atoms with Crippen molar-refractivity contribution in [3.05, 3.63) is 36.5 Å². The second kappa shape index (κ2) is 24.9. The van der Waals surface area contributed by atoms with E-state index in [2.05, 4.69) is 19.7 Å². The maximum absolute atomic E-state index is 10.8. The van der Waals surface area contributed by atoms with Crippen LogP contribution in [0.1, 0.15) is 20.8 Å². The summed E-state index contributed by atoms with van der Waals surface area (Å²) in [6.45, 7) is 18.8. The van der Waals surface area contributed by atoms with E-state index in [-0.39, 0.29) is 17.9 Å². The van der Waals surface area contributed by atoms with Gasteiger partial charge in [0.2, 0.25) is 0 Å². The first kappa shape index (κ1) is 42.7. The van der Waals surface area contributed by atoms with Crippen molar-refractivity contribution < 1.29 is 47.8 Å². The summed E-state index contributed by atoms with van der Waals surface area (Å²) in [6.07, 6.45) is 0. The Balaban J connectivity index is -0.000000209. The van der Waals surface area contributed by atoms with E-state index in [1.54, 1.807) is 20.8 Å². The number of ether oxygens (including phenoxy) is 3. The molecule has 0 aromatic carbocycles. The Kier molecular flexibility index (Phi) is 28.0. The second-order valence-electron chi connectivity index (χ2n) is 8.67. The van der Waals surface area contributed by atoms with Crippen LogP contribution in [0, 0.1) is 0 Å². The molecule has 38 heavy (non-hydrogen) atoms. The summed E-state index contributed by atoms with van der Waals surface area (Å²) < 4.78 is 23.4. The molecule has 0 aliphatic heterocycles. The van der Waals surface area contributed by atoms with Crippen LogP contribution in [0.25, 0.3) is 0 Å². The van der Waals surface area contributed by atoms with E-state index in [1.807, 2.05) is 57.0 Å². The van der Waals surface area contributed by atoms with Crippen molar-refractivity contribution in [2.45, 2.75) is 20.8 Å². The fraction of sp³-hybridized carbons (Fsp3) is 0.625. The molecule has 0 aliphatic rings. The van der Waals surface area contributed by atoms with Gasteiger partial charge in [-0.05, 0) is 63.1 Å². The van der Waals surface area contributed by atoms with Gasteiger partial charge >= 0.3 is 25.7 Å². The predicted molar refractivity (Wildman–Crippen MR) is 147 cm³/mol. The fourth-order valence-corrected chi connectivity index (χ4v) is 1.33. The highest BCUT2D eigenvalue weighted by Gasteiger charge is 2.03. The lowest BCUT2D eigenvalue weighted by Gasteiger charge is -2.09. The molecule has 0 radical (unpaired) electrons. The van der Waals surface area contributed by atoms with Crippen LogP contribution in [0.2, 0.25) is 0 Å². The van der Waals surface area contributed by atoms with Gasteiger partial charge in [0.1, 0.15) is 19.8 Å². The van der Waals surface area contributed by atoms with Crippen LogP contribution < -0.4 is 0 Å². The Bertz CT molecular complexity index is 684. The highest BCUT2D eigenvalue weighted by molar-refractivity contribution is 7.45. The fourth-order valence-electron chi connectivity index (χ4n) is 1.33. The van der Waals surface area contributed by atoms with E-state index in [1.165, 1.54) is 0 Å². The summed E-state index contributed by atoms with van der Waals surface area (Å²) in [6, 6.07) is 0. The molecule has 0 aliphatic carbocycles. The first-order valence-electron chi connectivity index (χ1n) is 11.3.